The molecule has 1 fully saturated rings. The van der Waals surface area contributed by atoms with Crippen LogP contribution in [0.25, 0.3) is 6.08 Å². The van der Waals surface area contributed by atoms with E-state index >= 15 is 0 Å². The highest BCUT2D eigenvalue weighted by atomic mass is 79.9. The predicted molar refractivity (Wildman–Crippen MR) is 123 cm³/mol. The number of benzene rings is 2. The molecule has 31 heavy (non-hydrogen) atoms. The number of aromatic hydroxyl groups is 1. The zero-order valence-corrected chi connectivity index (χ0v) is 19.3. The van der Waals surface area contributed by atoms with Gasteiger partial charge in [0.25, 0.3) is 11.8 Å². The first kappa shape index (κ1) is 22.6. The fraction of sp³-hybridized carbons (Fsp3) is 0.190. The summed E-state index contributed by atoms with van der Waals surface area (Å²) in [5.74, 6) is -0.240. The molecule has 0 spiro atoms. The Labute approximate surface area is 192 Å². The minimum atomic E-state index is -0.638. The third kappa shape index (κ3) is 4.49. The molecule has 1 saturated heterocycles. The molecule has 3 rings (SSSR count). The number of halogens is 1. The summed E-state index contributed by atoms with van der Waals surface area (Å²) in [7, 11) is 2.97. The van der Waals surface area contributed by atoms with Gasteiger partial charge in [-0.15, -0.1) is 0 Å². The van der Waals surface area contributed by atoms with Crippen LogP contribution < -0.4 is 24.4 Å². The molecule has 2 aromatic carbocycles. The van der Waals surface area contributed by atoms with Crippen LogP contribution in [-0.2, 0) is 9.59 Å². The van der Waals surface area contributed by atoms with Crippen LogP contribution in [0.5, 0.6) is 23.0 Å². The predicted octanol–water partition coefficient (Wildman–Crippen LogP) is 3.40. The molecule has 1 aliphatic heterocycles. The van der Waals surface area contributed by atoms with Gasteiger partial charge in [-0.2, -0.15) is 0 Å². The van der Waals surface area contributed by atoms with Crippen LogP contribution >= 0.6 is 28.1 Å². The Balaban J connectivity index is 2.07. The normalized spacial score (nSPS) is 15.2. The van der Waals surface area contributed by atoms with Gasteiger partial charge in [-0.3, -0.25) is 14.9 Å². The molecule has 0 saturated carbocycles. The van der Waals surface area contributed by atoms with E-state index in [1.54, 1.807) is 31.2 Å². The summed E-state index contributed by atoms with van der Waals surface area (Å²) in [6, 6.07) is 7.97. The molecule has 2 amide bonds. The topological polar surface area (TPSA) is 97.3 Å². The lowest BCUT2D eigenvalue weighted by molar-refractivity contribution is -0.122. The van der Waals surface area contributed by atoms with Crippen molar-refractivity contribution in [2.45, 2.75) is 6.92 Å². The molecule has 2 N–H and O–H groups in total. The van der Waals surface area contributed by atoms with E-state index in [-0.39, 0.29) is 22.2 Å². The Kier molecular flexibility index (Phi) is 6.81. The van der Waals surface area contributed by atoms with Gasteiger partial charge in [0.05, 0.1) is 31.0 Å². The minimum absolute atomic E-state index is 0.0718. The second kappa shape index (κ2) is 9.36. The van der Waals surface area contributed by atoms with E-state index in [4.69, 9.17) is 26.4 Å². The van der Waals surface area contributed by atoms with Crippen LogP contribution in [0, 0.1) is 0 Å². The van der Waals surface area contributed by atoms with Crippen LogP contribution in [-0.4, -0.2) is 42.9 Å². The maximum absolute atomic E-state index is 13.3. The highest BCUT2D eigenvalue weighted by Gasteiger charge is 2.36. The monoisotopic (exact) mass is 506 g/mol. The lowest BCUT2D eigenvalue weighted by atomic mass is 10.1. The van der Waals surface area contributed by atoms with Gasteiger partial charge in [0.2, 0.25) is 0 Å². The molecule has 8 nitrogen and oxygen atoms in total. The first-order valence-corrected chi connectivity index (χ1v) is 10.3. The lowest BCUT2D eigenvalue weighted by Gasteiger charge is -2.30. The van der Waals surface area contributed by atoms with Crippen molar-refractivity contribution in [2.75, 3.05) is 25.7 Å². The number of rotatable bonds is 6. The van der Waals surface area contributed by atoms with Crippen LogP contribution in [0.1, 0.15) is 12.5 Å². The van der Waals surface area contributed by atoms with E-state index in [1.807, 2.05) is 0 Å². The fourth-order valence-corrected chi connectivity index (χ4v) is 3.69. The van der Waals surface area contributed by atoms with Gasteiger partial charge in [0, 0.05) is 6.07 Å². The van der Waals surface area contributed by atoms with Gasteiger partial charge < -0.3 is 19.3 Å². The van der Waals surface area contributed by atoms with E-state index in [1.165, 1.54) is 31.3 Å². The number of nitrogens with one attached hydrogen (secondary N) is 1. The number of hydrogen-bond acceptors (Lipinski definition) is 7. The number of phenolic OH excluding ortho intramolecular Hbond substituents is 1. The summed E-state index contributed by atoms with van der Waals surface area (Å²) < 4.78 is 16.3. The molecule has 0 bridgehead atoms. The average molecular weight is 507 g/mol. The zero-order chi connectivity index (χ0) is 22.7. The van der Waals surface area contributed by atoms with Crippen molar-refractivity contribution in [1.82, 2.24) is 5.32 Å². The number of phenols is 1. The lowest BCUT2D eigenvalue weighted by Crippen LogP contribution is -2.54. The van der Waals surface area contributed by atoms with Crippen molar-refractivity contribution in [3.8, 4) is 23.0 Å². The quantitative estimate of drug-likeness (QED) is 0.352. The van der Waals surface area contributed by atoms with Crippen LogP contribution in [0.4, 0.5) is 5.69 Å². The molecule has 0 aromatic heterocycles. The van der Waals surface area contributed by atoms with Crippen molar-refractivity contribution >= 4 is 56.8 Å². The number of amides is 2. The molecular weight excluding hydrogens is 488 g/mol. The third-order valence-corrected chi connectivity index (χ3v) is 5.28. The summed E-state index contributed by atoms with van der Waals surface area (Å²) in [6.07, 6.45) is 1.40. The van der Waals surface area contributed by atoms with E-state index in [9.17, 15) is 14.7 Å². The van der Waals surface area contributed by atoms with Crippen LogP contribution in [0.15, 0.2) is 40.4 Å². The Bertz CT molecular complexity index is 1100. The van der Waals surface area contributed by atoms with Crippen LogP contribution in [0.2, 0.25) is 0 Å². The average Bonchev–Trinajstić information content (AvgIpc) is 2.74. The molecule has 1 heterocycles. The van der Waals surface area contributed by atoms with Crippen molar-refractivity contribution in [1.29, 1.82) is 0 Å². The number of carbonyl (C=O) groups is 2. The van der Waals surface area contributed by atoms with Gasteiger partial charge >= 0.3 is 0 Å². The smallest absolute Gasteiger partial charge is 0.270 e. The summed E-state index contributed by atoms with van der Waals surface area (Å²) in [4.78, 5) is 27.0. The number of ether oxygens (including phenoxy) is 3. The largest absolute Gasteiger partial charge is 0.503 e. The van der Waals surface area contributed by atoms with Gasteiger partial charge in [-0.25, -0.2) is 4.90 Å². The standard InChI is InChI=1S/C21H19BrN2O6S/c1-4-30-17-9-11(8-14(22)18(17)25)7-13-19(26)23-21(31)24(20(13)27)15-6-5-12(28-2)10-16(15)29-3/h5-10,25H,4H2,1-3H3,(H,23,26,31)/b13-7+. The molecule has 0 aliphatic carbocycles. The first-order chi connectivity index (χ1) is 14.8. The Hall–Kier alpha value is -3.11. The Morgan fingerprint density at radius 3 is 2.55 bits per heavy atom. The number of nitrogens with zero attached hydrogens (tertiary/aromatic N) is 1. The van der Waals surface area contributed by atoms with E-state index in [2.05, 4.69) is 21.2 Å². The SMILES string of the molecule is CCOc1cc(/C=C2\C(=O)NC(=S)N(c3ccc(OC)cc3OC)C2=O)cc(Br)c1O. The van der Waals surface area contributed by atoms with E-state index in [0.29, 0.717) is 33.8 Å². The highest BCUT2D eigenvalue weighted by Crippen LogP contribution is 2.37. The van der Waals surface area contributed by atoms with Gasteiger partial charge in [0.1, 0.15) is 17.1 Å². The third-order valence-electron chi connectivity index (χ3n) is 4.39. The summed E-state index contributed by atoms with van der Waals surface area (Å²) in [5.41, 5.74) is 0.679. The number of carbonyl (C=O) groups excluding carboxylic acids is 2. The van der Waals surface area contributed by atoms with Crippen molar-refractivity contribution in [2.24, 2.45) is 0 Å². The molecule has 0 atom stereocenters. The summed E-state index contributed by atoms with van der Waals surface area (Å²) >= 11 is 8.49. The van der Waals surface area contributed by atoms with Gasteiger partial charge in [0.15, 0.2) is 16.6 Å². The van der Waals surface area contributed by atoms with Crippen molar-refractivity contribution < 1.29 is 28.9 Å². The summed E-state index contributed by atoms with van der Waals surface area (Å²) in [5, 5.41) is 12.6. The second-order valence-electron chi connectivity index (χ2n) is 6.28. The summed E-state index contributed by atoms with van der Waals surface area (Å²) in [6.45, 7) is 2.11. The number of anilines is 1. The molecule has 1 aliphatic rings. The zero-order valence-electron chi connectivity index (χ0n) is 16.9. The maximum atomic E-state index is 13.3. The minimum Gasteiger partial charge on any atom is -0.503 e. The Morgan fingerprint density at radius 1 is 1.16 bits per heavy atom. The molecule has 0 unspecified atom stereocenters. The van der Waals surface area contributed by atoms with Crippen molar-refractivity contribution in [3.63, 3.8) is 0 Å². The molecule has 10 heteroatoms. The molecule has 2 aromatic rings. The number of thiocarbonyl (C=S) groups is 1. The first-order valence-electron chi connectivity index (χ1n) is 9.09. The van der Waals surface area contributed by atoms with Gasteiger partial charge in [-0.05, 0) is 71.0 Å². The Morgan fingerprint density at radius 2 is 1.90 bits per heavy atom. The fourth-order valence-electron chi connectivity index (χ4n) is 2.96. The van der Waals surface area contributed by atoms with Gasteiger partial charge in [-0.1, -0.05) is 0 Å². The van der Waals surface area contributed by atoms with Crippen molar-refractivity contribution in [3.05, 3.63) is 45.9 Å². The highest BCUT2D eigenvalue weighted by molar-refractivity contribution is 9.10. The maximum Gasteiger partial charge on any atom is 0.270 e. The molecule has 0 radical (unpaired) electrons. The number of hydrogen-bond donors (Lipinski definition) is 2. The molecular formula is C21H19BrN2O6S. The second-order valence-corrected chi connectivity index (χ2v) is 7.52. The number of methoxy groups -OCH3 is 2. The van der Waals surface area contributed by atoms with Crippen LogP contribution in [0.3, 0.4) is 0 Å². The van der Waals surface area contributed by atoms with E-state index in [0.717, 1.165) is 0 Å². The van der Waals surface area contributed by atoms with E-state index < -0.39 is 11.8 Å². The molecule has 162 valence electrons.